The minimum atomic E-state index is -0.171. The Labute approximate surface area is 67.4 Å². The first-order chi connectivity index (χ1) is 4.76. The van der Waals surface area contributed by atoms with Gasteiger partial charge in [-0.2, -0.15) is 0 Å². The number of ether oxygens (including phenoxy) is 1. The van der Waals surface area contributed by atoms with Crippen LogP contribution in [0.1, 0.15) is 20.8 Å². The molecule has 0 aromatic heterocycles. The summed E-state index contributed by atoms with van der Waals surface area (Å²) in [7, 11) is 3.08. The quantitative estimate of drug-likeness (QED) is 0.580. The lowest BCUT2D eigenvalue weighted by Gasteiger charge is -2.03. The first kappa shape index (κ1) is 12.8. The van der Waals surface area contributed by atoms with Crippen molar-refractivity contribution in [3.05, 3.63) is 0 Å². The largest absolute Gasteiger partial charge is 0.388 e. The molecule has 0 fully saturated rings. The highest BCUT2D eigenvalue weighted by Crippen LogP contribution is 2.01. The average Bonchev–Trinajstić information content (AvgIpc) is 1.93. The molecule has 0 N–H and O–H groups in total. The summed E-state index contributed by atoms with van der Waals surface area (Å²) in [5.41, 5.74) is 0. The predicted octanol–water partition coefficient (Wildman–Crippen LogP) is 2.54. The lowest BCUT2D eigenvalue weighted by Crippen LogP contribution is -2.04. The fraction of sp³-hybridized carbons (Fsp3) is 1.00. The molecule has 0 saturated heterocycles. The van der Waals surface area contributed by atoms with E-state index < -0.39 is 0 Å². The summed E-state index contributed by atoms with van der Waals surface area (Å²) in [5, 5.41) is 0. The molecule has 2 heteroatoms. The van der Waals surface area contributed by atoms with Crippen LogP contribution < -0.4 is 0 Å². The van der Waals surface area contributed by atoms with Crippen LogP contribution in [-0.2, 0) is 4.74 Å². The second kappa shape index (κ2) is 11.9. The van der Waals surface area contributed by atoms with Crippen LogP contribution in [0.3, 0.4) is 0 Å². The maximum absolute atomic E-state index is 4.25. The van der Waals surface area contributed by atoms with E-state index in [2.05, 4.69) is 25.5 Å². The molecule has 10 heavy (non-hydrogen) atoms. The van der Waals surface area contributed by atoms with E-state index >= 15 is 0 Å². The van der Waals surface area contributed by atoms with Gasteiger partial charge in [-0.3, -0.25) is 0 Å². The molecule has 1 nitrogen and oxygen atoms in total. The molecule has 0 atom stereocenters. The molecule has 0 amide bonds. The van der Waals surface area contributed by atoms with E-state index in [4.69, 9.17) is 0 Å². The van der Waals surface area contributed by atoms with E-state index in [1.54, 1.807) is 14.2 Å². The summed E-state index contributed by atoms with van der Waals surface area (Å²) in [4.78, 5) is 0. The van der Waals surface area contributed by atoms with Crippen LogP contribution in [0.4, 0.5) is 0 Å². The van der Waals surface area contributed by atoms with E-state index in [1.165, 1.54) is 18.1 Å². The van der Waals surface area contributed by atoms with Gasteiger partial charge in [0.05, 0.1) is 0 Å². The van der Waals surface area contributed by atoms with Crippen molar-refractivity contribution in [1.82, 2.24) is 0 Å². The Morgan fingerprint density at radius 3 is 1.10 bits per heavy atom. The van der Waals surface area contributed by atoms with Crippen molar-refractivity contribution in [2.75, 3.05) is 14.2 Å². The van der Waals surface area contributed by atoms with Crippen molar-refractivity contribution in [2.45, 2.75) is 38.9 Å². The van der Waals surface area contributed by atoms with Crippen LogP contribution in [0.25, 0.3) is 0 Å². The second-order valence-electron chi connectivity index (χ2n) is 2.50. The Bertz CT molecular complexity index is 39.0. The number of methoxy groups -OCH3 is 1. The topological polar surface area (TPSA) is 9.23 Å². The molecule has 0 unspecified atom stereocenters. The summed E-state index contributed by atoms with van der Waals surface area (Å²) >= 11 is 0. The maximum atomic E-state index is 4.25. The van der Waals surface area contributed by atoms with Gasteiger partial charge in [-0.05, 0) is 0 Å². The lowest BCUT2D eigenvalue weighted by atomic mass is 10.9. The van der Waals surface area contributed by atoms with E-state index in [0.717, 1.165) is 0 Å². The standard InChI is InChI=1S/C6H16Si.C2H6O/c1-4-7(5-2)6-3;1-3-2/h7H,4-6H2,1-3H3;1-2H3. The first-order valence-corrected chi connectivity index (χ1v) is 6.61. The van der Waals surface area contributed by atoms with Gasteiger partial charge in [0, 0.05) is 23.0 Å². The molecule has 0 bridgehead atoms. The molecular formula is C8H22OSi. The molecule has 0 aromatic carbocycles. The molecule has 0 aliphatic heterocycles. The van der Waals surface area contributed by atoms with Gasteiger partial charge in [-0.25, -0.2) is 0 Å². The van der Waals surface area contributed by atoms with E-state index in [1.807, 2.05) is 0 Å². The predicted molar refractivity (Wildman–Crippen MR) is 51.5 cm³/mol. The third kappa shape index (κ3) is 11.0. The van der Waals surface area contributed by atoms with Gasteiger partial charge in [0.1, 0.15) is 0 Å². The van der Waals surface area contributed by atoms with Crippen molar-refractivity contribution >= 4 is 8.80 Å². The van der Waals surface area contributed by atoms with Crippen LogP contribution in [0.5, 0.6) is 0 Å². The average molecular weight is 162 g/mol. The Hall–Kier alpha value is 0.177. The summed E-state index contributed by atoms with van der Waals surface area (Å²) < 4.78 is 4.25. The van der Waals surface area contributed by atoms with Gasteiger partial charge in [-0.15, -0.1) is 0 Å². The molecule has 0 radical (unpaired) electrons. The van der Waals surface area contributed by atoms with Crippen molar-refractivity contribution in [3.63, 3.8) is 0 Å². The van der Waals surface area contributed by atoms with Crippen LogP contribution in [0.15, 0.2) is 0 Å². The molecule has 0 aromatic rings. The van der Waals surface area contributed by atoms with Gasteiger partial charge in [0.25, 0.3) is 0 Å². The summed E-state index contributed by atoms with van der Waals surface area (Å²) in [6, 6.07) is 4.48. The second-order valence-corrected chi connectivity index (χ2v) is 6.68. The highest BCUT2D eigenvalue weighted by Gasteiger charge is 1.98. The molecule has 0 aliphatic rings. The van der Waals surface area contributed by atoms with E-state index in [0.29, 0.717) is 0 Å². The SMILES string of the molecule is CC[SiH](CC)CC.COC. The molecular weight excluding hydrogens is 140 g/mol. The van der Waals surface area contributed by atoms with Gasteiger partial charge in [0.15, 0.2) is 0 Å². The molecule has 0 spiro atoms. The Balaban J connectivity index is 0. The summed E-state index contributed by atoms with van der Waals surface area (Å²) in [6.07, 6.45) is 0. The van der Waals surface area contributed by atoms with Gasteiger partial charge in [-0.1, -0.05) is 38.9 Å². The summed E-state index contributed by atoms with van der Waals surface area (Å²) in [5.74, 6) is 0. The van der Waals surface area contributed by atoms with Gasteiger partial charge < -0.3 is 4.74 Å². The minimum absolute atomic E-state index is 0.171. The van der Waals surface area contributed by atoms with Crippen molar-refractivity contribution in [1.29, 1.82) is 0 Å². The third-order valence-corrected chi connectivity index (χ3v) is 5.20. The van der Waals surface area contributed by atoms with Crippen molar-refractivity contribution in [2.24, 2.45) is 0 Å². The van der Waals surface area contributed by atoms with Crippen LogP contribution >= 0.6 is 0 Å². The zero-order valence-electron chi connectivity index (χ0n) is 8.11. The highest BCUT2D eigenvalue weighted by atomic mass is 28.3. The van der Waals surface area contributed by atoms with Gasteiger partial charge >= 0.3 is 0 Å². The number of rotatable bonds is 3. The fourth-order valence-corrected chi connectivity index (χ4v) is 2.60. The van der Waals surface area contributed by atoms with E-state index in [9.17, 15) is 0 Å². The Kier molecular flexibility index (Phi) is 15.3. The zero-order chi connectivity index (χ0) is 8.41. The van der Waals surface area contributed by atoms with Gasteiger partial charge in [0.2, 0.25) is 0 Å². The molecule has 0 rings (SSSR count). The monoisotopic (exact) mass is 162 g/mol. The van der Waals surface area contributed by atoms with Crippen LogP contribution in [0.2, 0.25) is 18.1 Å². The van der Waals surface area contributed by atoms with Crippen molar-refractivity contribution < 1.29 is 4.74 Å². The first-order valence-electron chi connectivity index (χ1n) is 4.16. The summed E-state index contributed by atoms with van der Waals surface area (Å²) in [6.45, 7) is 6.97. The van der Waals surface area contributed by atoms with Crippen molar-refractivity contribution in [3.8, 4) is 0 Å². The third-order valence-electron chi connectivity index (χ3n) is 1.73. The Morgan fingerprint density at radius 1 is 0.900 bits per heavy atom. The van der Waals surface area contributed by atoms with Crippen LogP contribution in [-0.4, -0.2) is 23.0 Å². The molecule has 0 saturated carbocycles. The lowest BCUT2D eigenvalue weighted by molar-refractivity contribution is 0.277. The molecule has 0 aliphatic carbocycles. The molecule has 0 heterocycles. The fourth-order valence-electron chi connectivity index (χ4n) is 0.866. The smallest absolute Gasteiger partial charge is 0.0359 e. The maximum Gasteiger partial charge on any atom is 0.0359 e. The van der Waals surface area contributed by atoms with E-state index in [-0.39, 0.29) is 8.80 Å². The highest BCUT2D eigenvalue weighted by molar-refractivity contribution is 6.58. The Morgan fingerprint density at radius 2 is 1.10 bits per heavy atom. The number of hydrogen-bond acceptors (Lipinski definition) is 1. The molecule has 64 valence electrons. The minimum Gasteiger partial charge on any atom is -0.388 e. The normalized spacial score (nSPS) is 9.00. The number of hydrogen-bond donors (Lipinski definition) is 0. The zero-order valence-corrected chi connectivity index (χ0v) is 9.26. The van der Waals surface area contributed by atoms with Crippen LogP contribution in [0, 0.1) is 0 Å².